The van der Waals surface area contributed by atoms with Crippen LogP contribution in [0.2, 0.25) is 0 Å². The second kappa shape index (κ2) is 6.37. The van der Waals surface area contributed by atoms with Crippen LogP contribution in [0.3, 0.4) is 0 Å². The predicted octanol–water partition coefficient (Wildman–Crippen LogP) is 0.932. The maximum Gasteiger partial charge on any atom is 0.311 e. The lowest BCUT2D eigenvalue weighted by atomic mass is 9.72. The zero-order chi connectivity index (χ0) is 13.7. The fraction of sp³-hybridized carbons (Fsp3) is 0.857. The normalized spacial score (nSPS) is 22.3. The van der Waals surface area contributed by atoms with Gasteiger partial charge in [-0.25, -0.2) is 0 Å². The number of ether oxygens (including phenoxy) is 1. The van der Waals surface area contributed by atoms with Crippen molar-refractivity contribution in [3.8, 4) is 0 Å². The van der Waals surface area contributed by atoms with Crippen LogP contribution < -0.4 is 5.32 Å². The number of carbonyl (C=O) groups excluding carboxylic acids is 2. The Morgan fingerprint density at radius 3 is 2.37 bits per heavy atom. The molecule has 2 fully saturated rings. The number of hydrogen-bond donors (Lipinski definition) is 1. The van der Waals surface area contributed by atoms with Gasteiger partial charge in [-0.3, -0.25) is 9.59 Å². The molecule has 5 heteroatoms. The van der Waals surface area contributed by atoms with Crippen molar-refractivity contribution in [2.75, 3.05) is 32.8 Å². The van der Waals surface area contributed by atoms with Gasteiger partial charge in [0.25, 0.3) is 0 Å². The molecule has 2 rings (SSSR count). The number of carbonyl (C=O) groups is 2. The van der Waals surface area contributed by atoms with Gasteiger partial charge in [0, 0.05) is 32.8 Å². The minimum Gasteiger partial charge on any atom is -0.381 e. The minimum absolute atomic E-state index is 0.356. The van der Waals surface area contributed by atoms with E-state index >= 15 is 0 Å². The molecule has 0 bridgehead atoms. The van der Waals surface area contributed by atoms with E-state index in [-0.39, 0.29) is 5.91 Å². The molecule has 2 heterocycles. The Kier molecular flexibility index (Phi) is 4.80. The van der Waals surface area contributed by atoms with Gasteiger partial charge < -0.3 is 15.0 Å². The molecule has 2 aliphatic rings. The maximum atomic E-state index is 12.0. The fourth-order valence-corrected chi connectivity index (χ4v) is 2.95. The van der Waals surface area contributed by atoms with E-state index in [9.17, 15) is 9.59 Å². The van der Waals surface area contributed by atoms with Crippen molar-refractivity contribution in [2.24, 2.45) is 5.41 Å². The number of nitrogens with zero attached hydrogens (tertiary/aromatic N) is 1. The van der Waals surface area contributed by atoms with Gasteiger partial charge in [0.2, 0.25) is 0 Å². The molecular weight excluding hydrogens is 244 g/mol. The third-order valence-electron chi connectivity index (χ3n) is 4.39. The molecule has 0 aliphatic carbocycles. The first-order chi connectivity index (χ1) is 9.17. The van der Waals surface area contributed by atoms with Crippen molar-refractivity contribution in [3.05, 3.63) is 0 Å². The van der Waals surface area contributed by atoms with Crippen molar-refractivity contribution < 1.29 is 14.3 Å². The van der Waals surface area contributed by atoms with E-state index in [1.807, 2.05) is 6.92 Å². The van der Waals surface area contributed by atoms with Gasteiger partial charge in [-0.05, 0) is 37.5 Å². The molecule has 2 saturated heterocycles. The number of nitrogens with one attached hydrogen (secondary N) is 1. The van der Waals surface area contributed by atoms with Crippen LogP contribution in [0.15, 0.2) is 0 Å². The number of amides is 2. The quantitative estimate of drug-likeness (QED) is 0.758. The van der Waals surface area contributed by atoms with Crippen LogP contribution in [0, 0.1) is 5.41 Å². The second-order valence-electron chi connectivity index (χ2n) is 5.66. The Labute approximate surface area is 114 Å². The van der Waals surface area contributed by atoms with Crippen LogP contribution in [-0.2, 0) is 14.3 Å². The molecule has 0 aromatic rings. The summed E-state index contributed by atoms with van der Waals surface area (Å²) in [4.78, 5) is 25.3. The first-order valence-corrected chi connectivity index (χ1v) is 7.32. The van der Waals surface area contributed by atoms with Gasteiger partial charge >= 0.3 is 11.8 Å². The van der Waals surface area contributed by atoms with Crippen LogP contribution in [0.4, 0.5) is 0 Å². The van der Waals surface area contributed by atoms with Gasteiger partial charge in [-0.1, -0.05) is 6.92 Å². The van der Waals surface area contributed by atoms with Gasteiger partial charge in [0.15, 0.2) is 0 Å². The number of rotatable bonds is 2. The van der Waals surface area contributed by atoms with Gasteiger partial charge in [-0.2, -0.15) is 0 Å². The smallest absolute Gasteiger partial charge is 0.311 e. The summed E-state index contributed by atoms with van der Waals surface area (Å²) < 4.78 is 5.41. The highest BCUT2D eigenvalue weighted by Crippen LogP contribution is 2.40. The molecule has 5 nitrogen and oxygen atoms in total. The van der Waals surface area contributed by atoms with Crippen molar-refractivity contribution in [2.45, 2.75) is 39.0 Å². The molecule has 0 aromatic carbocycles. The Bertz CT molecular complexity index is 328. The summed E-state index contributed by atoms with van der Waals surface area (Å²) in [6, 6.07) is 0. The summed E-state index contributed by atoms with van der Waals surface area (Å²) >= 11 is 0. The summed E-state index contributed by atoms with van der Waals surface area (Å²) in [5.41, 5.74) is 0.356. The standard InChI is InChI=1S/C14H24N2O3/c1-2-7-15-12(17)13(18)16-8-3-14(4-9-16)5-10-19-11-6-14/h2-11H2,1H3,(H,15,17). The van der Waals surface area contributed by atoms with Gasteiger partial charge in [0.05, 0.1) is 0 Å². The predicted molar refractivity (Wildman–Crippen MR) is 71.6 cm³/mol. The van der Waals surface area contributed by atoms with E-state index in [1.54, 1.807) is 4.90 Å². The van der Waals surface area contributed by atoms with E-state index in [0.717, 1.165) is 45.3 Å². The van der Waals surface area contributed by atoms with E-state index in [2.05, 4.69) is 5.32 Å². The highest BCUT2D eigenvalue weighted by Gasteiger charge is 2.38. The van der Waals surface area contributed by atoms with Crippen molar-refractivity contribution in [1.82, 2.24) is 10.2 Å². The third-order valence-corrected chi connectivity index (χ3v) is 4.39. The van der Waals surface area contributed by atoms with Crippen molar-refractivity contribution in [1.29, 1.82) is 0 Å². The molecule has 0 saturated carbocycles. The first kappa shape index (κ1) is 14.3. The molecule has 2 amide bonds. The lowest BCUT2D eigenvalue weighted by molar-refractivity contribution is -0.148. The third kappa shape index (κ3) is 3.47. The molecule has 1 N–H and O–H groups in total. The van der Waals surface area contributed by atoms with Crippen LogP contribution in [0.1, 0.15) is 39.0 Å². The van der Waals surface area contributed by atoms with Crippen LogP contribution in [0.5, 0.6) is 0 Å². The molecule has 19 heavy (non-hydrogen) atoms. The molecule has 0 radical (unpaired) electrons. The molecule has 0 unspecified atom stereocenters. The average Bonchev–Trinajstić information content (AvgIpc) is 2.46. The molecule has 0 atom stereocenters. The molecule has 1 spiro atoms. The number of likely N-dealkylation sites (tertiary alicyclic amines) is 1. The van der Waals surface area contributed by atoms with E-state index in [0.29, 0.717) is 25.0 Å². The minimum atomic E-state index is -0.454. The summed E-state index contributed by atoms with van der Waals surface area (Å²) in [5.74, 6) is -0.819. The van der Waals surface area contributed by atoms with E-state index in [4.69, 9.17) is 4.74 Å². The zero-order valence-corrected chi connectivity index (χ0v) is 11.7. The van der Waals surface area contributed by atoms with Gasteiger partial charge in [-0.15, -0.1) is 0 Å². The lowest BCUT2D eigenvalue weighted by Crippen LogP contribution is -2.49. The van der Waals surface area contributed by atoms with Crippen LogP contribution in [-0.4, -0.2) is 49.6 Å². The van der Waals surface area contributed by atoms with E-state index < -0.39 is 5.91 Å². The second-order valence-corrected chi connectivity index (χ2v) is 5.66. The van der Waals surface area contributed by atoms with Crippen LogP contribution >= 0.6 is 0 Å². The Balaban J connectivity index is 1.82. The Morgan fingerprint density at radius 1 is 1.16 bits per heavy atom. The summed E-state index contributed by atoms with van der Waals surface area (Å²) in [5, 5.41) is 2.65. The fourth-order valence-electron chi connectivity index (χ4n) is 2.95. The average molecular weight is 268 g/mol. The summed E-state index contributed by atoms with van der Waals surface area (Å²) in [7, 11) is 0. The summed E-state index contributed by atoms with van der Waals surface area (Å²) in [6.07, 6.45) is 5.04. The molecular formula is C14H24N2O3. The lowest BCUT2D eigenvalue weighted by Gasteiger charge is -2.43. The number of piperidine rings is 1. The molecule has 0 aromatic heterocycles. The zero-order valence-electron chi connectivity index (χ0n) is 11.7. The van der Waals surface area contributed by atoms with E-state index in [1.165, 1.54) is 0 Å². The van der Waals surface area contributed by atoms with Crippen molar-refractivity contribution >= 4 is 11.8 Å². The molecule has 108 valence electrons. The topological polar surface area (TPSA) is 58.6 Å². The van der Waals surface area contributed by atoms with Crippen LogP contribution in [0.25, 0.3) is 0 Å². The number of hydrogen-bond acceptors (Lipinski definition) is 3. The summed E-state index contributed by atoms with van der Waals surface area (Å²) in [6.45, 7) is 5.63. The largest absolute Gasteiger partial charge is 0.381 e. The Hall–Kier alpha value is -1.10. The highest BCUT2D eigenvalue weighted by atomic mass is 16.5. The Morgan fingerprint density at radius 2 is 1.79 bits per heavy atom. The molecule has 2 aliphatic heterocycles. The maximum absolute atomic E-state index is 12.0. The SMILES string of the molecule is CCCNC(=O)C(=O)N1CCC2(CCOCC2)CC1. The highest BCUT2D eigenvalue weighted by molar-refractivity contribution is 6.35. The monoisotopic (exact) mass is 268 g/mol. The van der Waals surface area contributed by atoms with Gasteiger partial charge in [0.1, 0.15) is 0 Å². The van der Waals surface area contributed by atoms with Crippen molar-refractivity contribution in [3.63, 3.8) is 0 Å². The first-order valence-electron chi connectivity index (χ1n) is 7.32.